The molecule has 0 radical (unpaired) electrons. The van der Waals surface area contributed by atoms with Gasteiger partial charge in [-0.25, -0.2) is 9.78 Å². The van der Waals surface area contributed by atoms with Gasteiger partial charge in [0.05, 0.1) is 12.2 Å². The molecule has 4 aliphatic heterocycles. The molecule has 4 heterocycles. The maximum Gasteiger partial charge on any atom is 0.201 e. The Balaban J connectivity index is 1.49. The van der Waals surface area contributed by atoms with E-state index in [1.54, 1.807) is 0 Å². The van der Waals surface area contributed by atoms with Crippen LogP contribution in [0.4, 0.5) is 0 Å². The van der Waals surface area contributed by atoms with E-state index in [9.17, 15) is 9.90 Å². The van der Waals surface area contributed by atoms with E-state index in [1.165, 1.54) is 0 Å². The highest BCUT2D eigenvalue weighted by Gasteiger charge is 2.74. The van der Waals surface area contributed by atoms with E-state index in [1.807, 2.05) is 13.0 Å². The number of carbonyl (C=O) groups excluding carboxylic acids is 1. The zero-order valence-electron chi connectivity index (χ0n) is 18.0. The summed E-state index contributed by atoms with van der Waals surface area (Å²) in [7, 11) is 0. The van der Waals surface area contributed by atoms with Crippen LogP contribution < -0.4 is 0 Å². The molecule has 5 fully saturated rings. The number of hydrogen-bond acceptors (Lipinski definition) is 6. The van der Waals surface area contributed by atoms with Crippen molar-refractivity contribution >= 4 is 5.78 Å². The summed E-state index contributed by atoms with van der Waals surface area (Å²) in [5, 5.41) is 10.8. The third-order valence-electron chi connectivity index (χ3n) is 8.95. The SMILES string of the molecule is C[C@@H]1CC[C@@]2(C)[C@@H](C)[C@@H](C[C@H](O)C3=CCCC3=O)O[C@@H]3O[C@]4(C)CC[C@@H]1[C@]32OO4. The van der Waals surface area contributed by atoms with Gasteiger partial charge >= 0.3 is 0 Å². The number of carbonyl (C=O) groups is 1. The summed E-state index contributed by atoms with van der Waals surface area (Å²) in [6, 6.07) is 0. The minimum atomic E-state index is -0.804. The van der Waals surface area contributed by atoms with Crippen LogP contribution in [-0.2, 0) is 24.0 Å². The minimum Gasteiger partial charge on any atom is -0.388 e. The highest BCUT2D eigenvalue weighted by molar-refractivity contribution is 5.98. The fourth-order valence-corrected chi connectivity index (χ4v) is 6.86. The summed E-state index contributed by atoms with van der Waals surface area (Å²) in [6.07, 6.45) is 5.91. The van der Waals surface area contributed by atoms with Crippen LogP contribution in [0.3, 0.4) is 0 Å². The van der Waals surface area contributed by atoms with Gasteiger partial charge in [-0.05, 0) is 50.4 Å². The maximum atomic E-state index is 12.1. The minimum absolute atomic E-state index is 0.0595. The fourth-order valence-electron chi connectivity index (χ4n) is 6.86. The van der Waals surface area contributed by atoms with Gasteiger partial charge in [0.25, 0.3) is 0 Å². The Morgan fingerprint density at radius 3 is 2.72 bits per heavy atom. The third kappa shape index (κ3) is 2.69. The molecule has 29 heavy (non-hydrogen) atoms. The molecule has 1 spiro atoms. The average molecular weight is 407 g/mol. The van der Waals surface area contributed by atoms with Crippen molar-refractivity contribution in [2.45, 2.75) is 103 Å². The molecule has 4 saturated heterocycles. The number of Topliss-reactive ketones (excluding diaryl/α,β-unsaturated/α-hetero) is 1. The van der Waals surface area contributed by atoms with Gasteiger partial charge in [0.15, 0.2) is 17.7 Å². The van der Waals surface area contributed by atoms with Crippen molar-refractivity contribution < 1.29 is 29.1 Å². The first kappa shape index (κ1) is 20.1. The van der Waals surface area contributed by atoms with Gasteiger partial charge in [0, 0.05) is 30.3 Å². The van der Waals surface area contributed by atoms with Crippen molar-refractivity contribution in [1.29, 1.82) is 0 Å². The molecule has 0 aromatic rings. The van der Waals surface area contributed by atoms with E-state index in [2.05, 4.69) is 20.8 Å². The normalized spacial score (nSPS) is 52.7. The molecule has 0 aromatic carbocycles. The van der Waals surface area contributed by atoms with Crippen molar-refractivity contribution in [1.82, 2.24) is 0 Å². The average Bonchev–Trinajstić information content (AvgIpc) is 2.98. The van der Waals surface area contributed by atoms with E-state index < -0.39 is 23.8 Å². The van der Waals surface area contributed by atoms with Crippen LogP contribution in [0.2, 0.25) is 0 Å². The van der Waals surface area contributed by atoms with E-state index in [0.717, 1.165) is 32.1 Å². The highest BCUT2D eigenvalue weighted by atomic mass is 17.3. The molecule has 0 amide bonds. The van der Waals surface area contributed by atoms with Gasteiger partial charge in [-0.15, -0.1) is 0 Å². The van der Waals surface area contributed by atoms with E-state index >= 15 is 0 Å². The second kappa shape index (κ2) is 6.60. The largest absolute Gasteiger partial charge is 0.388 e. The van der Waals surface area contributed by atoms with E-state index in [4.69, 9.17) is 19.2 Å². The predicted molar refractivity (Wildman–Crippen MR) is 104 cm³/mol. The van der Waals surface area contributed by atoms with Gasteiger partial charge in [-0.3, -0.25) is 4.79 Å². The molecule has 6 aliphatic rings. The molecular weight excluding hydrogens is 372 g/mol. The lowest BCUT2D eigenvalue weighted by Gasteiger charge is -2.65. The van der Waals surface area contributed by atoms with Crippen LogP contribution in [0.15, 0.2) is 11.6 Å². The summed E-state index contributed by atoms with van der Waals surface area (Å²) < 4.78 is 13.0. The highest BCUT2D eigenvalue weighted by Crippen LogP contribution is 2.66. The second-order valence-corrected chi connectivity index (χ2v) is 10.5. The van der Waals surface area contributed by atoms with Crippen LogP contribution in [0.1, 0.15) is 72.6 Å². The molecule has 1 saturated carbocycles. The molecule has 0 unspecified atom stereocenters. The van der Waals surface area contributed by atoms with Crippen LogP contribution in [0.25, 0.3) is 0 Å². The molecule has 6 rings (SSSR count). The van der Waals surface area contributed by atoms with Gasteiger partial charge in [-0.2, -0.15) is 0 Å². The Labute approximate surface area is 172 Å². The number of aliphatic hydroxyl groups excluding tert-OH is 1. The van der Waals surface area contributed by atoms with E-state index in [0.29, 0.717) is 30.3 Å². The predicted octanol–water partition coefficient (Wildman–Crippen LogP) is 3.67. The molecule has 9 atom stereocenters. The molecule has 2 aliphatic carbocycles. The molecular formula is C23H34O6. The van der Waals surface area contributed by atoms with Crippen molar-refractivity contribution in [3.8, 4) is 0 Å². The summed E-state index contributed by atoms with van der Waals surface area (Å²) in [6.45, 7) is 8.71. The van der Waals surface area contributed by atoms with Gasteiger partial charge in [0.1, 0.15) is 0 Å². The zero-order chi connectivity index (χ0) is 20.6. The quantitative estimate of drug-likeness (QED) is 0.721. The standard InChI is InChI=1S/C23H34O6/c1-13-8-10-21(3)14(2)19(12-18(25)15-6-5-7-17(15)24)26-20-23(21)16(13)9-11-22(4,27-20)28-29-23/h6,13-14,16,18-20,25H,5,7-12H2,1-4H3/t13-,14+,16+,18+,19-,20-,21+,22+,23+/m1/s1. The Hall–Kier alpha value is -0.790. The molecule has 6 heteroatoms. The van der Waals surface area contributed by atoms with Crippen molar-refractivity contribution in [3.05, 3.63) is 11.6 Å². The zero-order valence-corrected chi connectivity index (χ0v) is 18.0. The lowest BCUT2D eigenvalue weighted by Crippen LogP contribution is -2.74. The first-order valence-electron chi connectivity index (χ1n) is 11.3. The lowest BCUT2D eigenvalue weighted by molar-refractivity contribution is -0.581. The van der Waals surface area contributed by atoms with Gasteiger partial charge in [0.2, 0.25) is 5.79 Å². The molecule has 162 valence electrons. The Morgan fingerprint density at radius 2 is 2.00 bits per heavy atom. The maximum absolute atomic E-state index is 12.1. The molecule has 0 aromatic heterocycles. The number of aliphatic hydroxyl groups is 1. The van der Waals surface area contributed by atoms with Crippen molar-refractivity contribution in [2.75, 3.05) is 0 Å². The van der Waals surface area contributed by atoms with Crippen molar-refractivity contribution in [3.63, 3.8) is 0 Å². The Morgan fingerprint density at radius 1 is 1.21 bits per heavy atom. The Bertz CT molecular complexity index is 735. The first-order valence-corrected chi connectivity index (χ1v) is 11.3. The van der Waals surface area contributed by atoms with Crippen LogP contribution >= 0.6 is 0 Å². The summed E-state index contributed by atoms with van der Waals surface area (Å²) in [5.74, 6) is 0.210. The number of ketones is 1. The number of hydrogen-bond donors (Lipinski definition) is 1. The summed E-state index contributed by atoms with van der Waals surface area (Å²) in [4.78, 5) is 24.3. The second-order valence-electron chi connectivity index (χ2n) is 10.5. The first-order chi connectivity index (χ1) is 13.7. The Kier molecular flexibility index (Phi) is 4.58. The van der Waals surface area contributed by atoms with Crippen LogP contribution in [0, 0.1) is 23.2 Å². The number of ether oxygens (including phenoxy) is 2. The number of rotatable bonds is 3. The van der Waals surface area contributed by atoms with Gasteiger partial charge in [-0.1, -0.05) is 26.8 Å². The summed E-state index contributed by atoms with van der Waals surface area (Å²) >= 11 is 0. The fraction of sp³-hybridized carbons (Fsp3) is 0.870. The van der Waals surface area contributed by atoms with Crippen LogP contribution in [-0.4, -0.2) is 40.8 Å². The molecule has 1 N–H and O–H groups in total. The third-order valence-corrected chi connectivity index (χ3v) is 8.95. The molecule has 6 nitrogen and oxygen atoms in total. The number of fused-ring (bicyclic) bond motifs is 2. The monoisotopic (exact) mass is 406 g/mol. The van der Waals surface area contributed by atoms with Gasteiger partial charge < -0.3 is 14.6 Å². The lowest BCUT2D eigenvalue weighted by atomic mass is 9.49. The summed E-state index contributed by atoms with van der Waals surface area (Å²) in [5.41, 5.74) is -0.280. The topological polar surface area (TPSA) is 74.2 Å². The molecule has 2 bridgehead atoms. The van der Waals surface area contributed by atoms with E-state index in [-0.39, 0.29) is 23.2 Å². The number of allylic oxidation sites excluding steroid dienone is 1. The van der Waals surface area contributed by atoms with Crippen LogP contribution in [0.5, 0.6) is 0 Å². The smallest absolute Gasteiger partial charge is 0.201 e. The van der Waals surface area contributed by atoms with Crippen molar-refractivity contribution in [2.24, 2.45) is 23.2 Å².